The highest BCUT2D eigenvalue weighted by atomic mass is 35.5. The number of halogens is 1. The quantitative estimate of drug-likeness (QED) is 0.300. The second-order valence-electron chi connectivity index (χ2n) is 0.685. The first-order chi connectivity index (χ1) is 2.89. The largest absolute Gasteiger partial charge is 0.216 e. The van der Waals surface area contributed by atoms with Crippen molar-refractivity contribution in [2.75, 3.05) is 0 Å². The van der Waals surface area contributed by atoms with E-state index in [0.717, 1.165) is 0 Å². The molecule has 35 valence electrons. The Morgan fingerprint density at radius 3 is 2.00 bits per heavy atom. The van der Waals surface area contributed by atoms with Gasteiger partial charge in [0, 0.05) is 22.0 Å². The standard InChI is InChI=1S/CH2ClN2S2/c2-1-3-5-6-4-1/h3-4H. The Bertz CT molecular complexity index is 44.8. The molecule has 1 radical (unpaired) electrons. The lowest BCUT2D eigenvalue weighted by Gasteiger charge is -1.87. The topological polar surface area (TPSA) is 24.1 Å². The Labute approximate surface area is 49.1 Å². The summed E-state index contributed by atoms with van der Waals surface area (Å²) in [6.07, 6.45) is 0. The van der Waals surface area contributed by atoms with E-state index in [0.29, 0.717) is 5.62 Å². The second kappa shape index (κ2) is 2.28. The van der Waals surface area contributed by atoms with Crippen molar-refractivity contribution in [1.29, 1.82) is 0 Å². The van der Waals surface area contributed by atoms with Gasteiger partial charge in [0.1, 0.15) is 0 Å². The molecule has 6 heavy (non-hydrogen) atoms. The maximum Gasteiger partial charge on any atom is 0.214 e. The van der Waals surface area contributed by atoms with Crippen molar-refractivity contribution in [3.63, 3.8) is 0 Å². The van der Waals surface area contributed by atoms with Gasteiger partial charge in [0.05, 0.1) is 0 Å². The molecule has 0 amide bonds. The van der Waals surface area contributed by atoms with Gasteiger partial charge < -0.3 is 0 Å². The highest BCUT2D eigenvalue weighted by Crippen LogP contribution is 2.25. The van der Waals surface area contributed by atoms with E-state index >= 15 is 0 Å². The number of rotatable bonds is 0. The molecular formula is CH2ClN2S2. The van der Waals surface area contributed by atoms with Crippen molar-refractivity contribution in [1.82, 2.24) is 9.44 Å². The molecule has 1 aliphatic rings. The summed E-state index contributed by atoms with van der Waals surface area (Å²) in [6, 6.07) is 0. The monoisotopic (exact) mass is 141 g/mol. The normalized spacial score (nSPS) is 25.5. The van der Waals surface area contributed by atoms with Crippen LogP contribution in [0.15, 0.2) is 0 Å². The molecule has 5 heteroatoms. The molecule has 1 saturated heterocycles. The molecule has 0 spiro atoms. The molecule has 2 nitrogen and oxygen atoms in total. The van der Waals surface area contributed by atoms with Crippen molar-refractivity contribution in [3.05, 3.63) is 5.62 Å². The third-order valence-corrected chi connectivity index (χ3v) is 2.13. The molecule has 0 aromatic heterocycles. The fraction of sp³-hybridized carbons (Fsp3) is 0. The van der Waals surface area contributed by atoms with Crippen LogP contribution in [0.1, 0.15) is 0 Å². The zero-order valence-corrected chi connectivity index (χ0v) is 5.08. The minimum absolute atomic E-state index is 0.602. The average Bonchev–Trinajstić information content (AvgIpc) is 1.86. The lowest BCUT2D eigenvalue weighted by atomic mass is 11.2. The maximum absolute atomic E-state index is 5.36. The lowest BCUT2D eigenvalue weighted by Crippen LogP contribution is -2.08. The van der Waals surface area contributed by atoms with Gasteiger partial charge in [-0.3, -0.25) is 0 Å². The molecule has 0 unspecified atom stereocenters. The van der Waals surface area contributed by atoms with Gasteiger partial charge in [-0.1, -0.05) is 11.6 Å². The van der Waals surface area contributed by atoms with E-state index in [9.17, 15) is 0 Å². The Hall–Kier alpha value is 0.910. The van der Waals surface area contributed by atoms with E-state index < -0.39 is 0 Å². The van der Waals surface area contributed by atoms with Crippen molar-refractivity contribution in [3.8, 4) is 0 Å². The molecule has 2 N–H and O–H groups in total. The zero-order chi connectivity index (χ0) is 4.41. The predicted octanol–water partition coefficient (Wildman–Crippen LogP) is 1.08. The number of hydrogen-bond acceptors (Lipinski definition) is 4. The molecule has 0 aromatic rings. The van der Waals surface area contributed by atoms with E-state index in [-0.39, 0.29) is 0 Å². The first kappa shape index (κ1) is 5.05. The summed E-state index contributed by atoms with van der Waals surface area (Å²) in [5.74, 6) is 0. The number of hydrogen-bond donors (Lipinski definition) is 2. The minimum atomic E-state index is 0.602. The zero-order valence-electron chi connectivity index (χ0n) is 2.69. The third kappa shape index (κ3) is 1.20. The summed E-state index contributed by atoms with van der Waals surface area (Å²) in [5.41, 5.74) is 0.602. The summed E-state index contributed by atoms with van der Waals surface area (Å²) in [7, 11) is 2.94. The van der Waals surface area contributed by atoms with Gasteiger partial charge in [-0.15, -0.1) is 0 Å². The van der Waals surface area contributed by atoms with E-state index in [1.165, 1.54) is 22.0 Å². The average molecular weight is 142 g/mol. The molecule has 0 atom stereocenters. The van der Waals surface area contributed by atoms with Crippen molar-refractivity contribution in [2.45, 2.75) is 0 Å². The molecular weight excluding hydrogens is 140 g/mol. The van der Waals surface area contributed by atoms with Gasteiger partial charge in [-0.25, -0.2) is 9.44 Å². The van der Waals surface area contributed by atoms with Gasteiger partial charge in [0.2, 0.25) is 5.62 Å². The molecule has 0 bridgehead atoms. The third-order valence-electron chi connectivity index (χ3n) is 0.304. The van der Waals surface area contributed by atoms with Crippen molar-refractivity contribution >= 4 is 33.6 Å². The fourth-order valence-electron chi connectivity index (χ4n) is 0.136. The molecule has 0 aliphatic carbocycles. The van der Waals surface area contributed by atoms with Crippen LogP contribution in [0.25, 0.3) is 0 Å². The minimum Gasteiger partial charge on any atom is -0.216 e. The summed E-state index contributed by atoms with van der Waals surface area (Å²) < 4.78 is 5.54. The van der Waals surface area contributed by atoms with Crippen LogP contribution in [0.5, 0.6) is 0 Å². The second-order valence-corrected chi connectivity index (χ2v) is 2.80. The van der Waals surface area contributed by atoms with Crippen LogP contribution in [-0.2, 0) is 0 Å². The summed E-state index contributed by atoms with van der Waals surface area (Å²) in [4.78, 5) is 0. The summed E-state index contributed by atoms with van der Waals surface area (Å²) in [5, 5.41) is 0. The molecule has 1 rings (SSSR count). The van der Waals surface area contributed by atoms with Crippen molar-refractivity contribution in [2.24, 2.45) is 0 Å². The predicted molar refractivity (Wildman–Crippen MR) is 30.5 cm³/mol. The van der Waals surface area contributed by atoms with Gasteiger partial charge in [-0.05, 0) is 0 Å². The van der Waals surface area contributed by atoms with Crippen LogP contribution in [0.2, 0.25) is 0 Å². The SMILES string of the molecule is Cl[C]1NSSN1. The summed E-state index contributed by atoms with van der Waals surface area (Å²) >= 11 is 5.36. The smallest absolute Gasteiger partial charge is 0.214 e. The van der Waals surface area contributed by atoms with Gasteiger partial charge in [-0.2, -0.15) is 0 Å². The van der Waals surface area contributed by atoms with Crippen LogP contribution in [0.4, 0.5) is 0 Å². The lowest BCUT2D eigenvalue weighted by molar-refractivity contribution is 1.04. The first-order valence-corrected chi connectivity index (χ1v) is 3.79. The molecule has 0 aromatic carbocycles. The van der Waals surface area contributed by atoms with E-state index in [1.54, 1.807) is 0 Å². The Morgan fingerprint density at radius 1 is 1.33 bits per heavy atom. The Kier molecular flexibility index (Phi) is 1.92. The highest BCUT2D eigenvalue weighted by molar-refractivity contribution is 8.75. The molecule has 1 aliphatic heterocycles. The van der Waals surface area contributed by atoms with Crippen LogP contribution in [0, 0.1) is 5.62 Å². The maximum atomic E-state index is 5.36. The highest BCUT2D eigenvalue weighted by Gasteiger charge is 2.10. The van der Waals surface area contributed by atoms with Gasteiger partial charge in [0.15, 0.2) is 0 Å². The van der Waals surface area contributed by atoms with E-state index in [2.05, 4.69) is 9.44 Å². The van der Waals surface area contributed by atoms with Crippen LogP contribution < -0.4 is 9.44 Å². The van der Waals surface area contributed by atoms with Crippen LogP contribution >= 0.6 is 33.6 Å². The molecule has 1 fully saturated rings. The Balaban J connectivity index is 2.18. The van der Waals surface area contributed by atoms with Gasteiger partial charge >= 0.3 is 0 Å². The van der Waals surface area contributed by atoms with Crippen LogP contribution in [0.3, 0.4) is 0 Å². The van der Waals surface area contributed by atoms with E-state index in [1.807, 2.05) is 0 Å². The summed E-state index contributed by atoms with van der Waals surface area (Å²) in [6.45, 7) is 0. The number of nitrogens with one attached hydrogen (secondary N) is 2. The Morgan fingerprint density at radius 2 is 1.83 bits per heavy atom. The van der Waals surface area contributed by atoms with Gasteiger partial charge in [0.25, 0.3) is 0 Å². The van der Waals surface area contributed by atoms with E-state index in [4.69, 9.17) is 11.6 Å². The molecule has 0 saturated carbocycles. The van der Waals surface area contributed by atoms with Crippen molar-refractivity contribution < 1.29 is 0 Å². The molecule has 1 heterocycles. The first-order valence-electron chi connectivity index (χ1n) is 1.26. The fourth-order valence-corrected chi connectivity index (χ4v) is 1.79. The van der Waals surface area contributed by atoms with Crippen LogP contribution in [-0.4, -0.2) is 0 Å².